The first-order chi connectivity index (χ1) is 14.4. The Morgan fingerprint density at radius 2 is 2.07 bits per heavy atom. The van der Waals surface area contributed by atoms with Crippen LogP contribution < -0.4 is 15.1 Å². The zero-order valence-corrected chi connectivity index (χ0v) is 16.7. The lowest BCUT2D eigenvalue weighted by Crippen LogP contribution is -2.35. The average molecular weight is 422 g/mol. The summed E-state index contributed by atoms with van der Waals surface area (Å²) in [6.07, 6.45) is -0.924. The van der Waals surface area contributed by atoms with Crippen LogP contribution >= 0.6 is 0 Å². The minimum atomic E-state index is -0.883. The fraction of sp³-hybridized carbons (Fsp3) is 0.474. The Morgan fingerprint density at radius 3 is 2.70 bits per heavy atom. The van der Waals surface area contributed by atoms with E-state index in [0.29, 0.717) is 43.0 Å². The number of carbonyl (C=O) groups is 3. The topological polar surface area (TPSA) is 110 Å². The first kappa shape index (κ1) is 21.3. The molecular weight excluding hydrogens is 399 g/mol. The number of methoxy groups -OCH3 is 1. The van der Waals surface area contributed by atoms with Gasteiger partial charge in [0.1, 0.15) is 11.9 Å². The van der Waals surface area contributed by atoms with Crippen molar-refractivity contribution in [3.05, 3.63) is 24.0 Å². The number of benzene rings is 1. The summed E-state index contributed by atoms with van der Waals surface area (Å²) in [6, 6.07) is 4.57. The Bertz CT molecular complexity index is 851. The van der Waals surface area contributed by atoms with Crippen molar-refractivity contribution in [2.75, 3.05) is 43.1 Å². The van der Waals surface area contributed by atoms with Gasteiger partial charge in [-0.2, -0.15) is 0 Å². The van der Waals surface area contributed by atoms with Crippen LogP contribution in [0.3, 0.4) is 0 Å². The molecule has 1 aromatic carbocycles. The fourth-order valence-electron chi connectivity index (χ4n) is 3.25. The van der Waals surface area contributed by atoms with Crippen molar-refractivity contribution in [3.63, 3.8) is 0 Å². The summed E-state index contributed by atoms with van der Waals surface area (Å²) in [4.78, 5) is 41.9. The molecule has 11 heteroatoms. The van der Waals surface area contributed by atoms with Gasteiger partial charge < -0.3 is 19.7 Å². The lowest BCUT2D eigenvalue weighted by molar-refractivity contribution is -0.119. The Labute approximate surface area is 172 Å². The van der Waals surface area contributed by atoms with Crippen LogP contribution in [0.1, 0.15) is 19.8 Å². The van der Waals surface area contributed by atoms with Gasteiger partial charge in [-0.1, -0.05) is 5.16 Å². The highest BCUT2D eigenvalue weighted by Gasteiger charge is 2.33. The predicted molar refractivity (Wildman–Crippen MR) is 105 cm³/mol. The van der Waals surface area contributed by atoms with E-state index in [2.05, 4.69) is 20.0 Å². The number of hydrogen-bond donors (Lipinski definition) is 1. The number of carbonyl (C=O) groups excluding carboxylic acids is 3. The number of halogens is 1. The first-order valence-electron chi connectivity index (χ1n) is 9.45. The van der Waals surface area contributed by atoms with Crippen molar-refractivity contribution in [1.82, 2.24) is 5.32 Å². The van der Waals surface area contributed by atoms with Gasteiger partial charge in [0.25, 0.3) is 0 Å². The Balaban J connectivity index is 1.60. The number of rotatable bonds is 5. The van der Waals surface area contributed by atoms with Crippen molar-refractivity contribution in [2.45, 2.75) is 25.9 Å². The van der Waals surface area contributed by atoms with E-state index in [4.69, 9.17) is 4.74 Å². The molecule has 0 bridgehead atoms. The predicted octanol–water partition coefficient (Wildman–Crippen LogP) is 2.03. The molecule has 10 nitrogen and oxygen atoms in total. The van der Waals surface area contributed by atoms with Gasteiger partial charge in [-0.05, 0) is 18.2 Å². The molecular formula is C19H23FN4O6. The number of ether oxygens (including phenoxy) is 2. The van der Waals surface area contributed by atoms with Gasteiger partial charge in [0.15, 0.2) is 0 Å². The van der Waals surface area contributed by atoms with Crippen LogP contribution in [0.5, 0.6) is 0 Å². The normalized spacial score (nSPS) is 18.7. The van der Waals surface area contributed by atoms with E-state index in [1.807, 2.05) is 4.90 Å². The largest absolute Gasteiger partial charge is 0.534 e. The van der Waals surface area contributed by atoms with E-state index in [-0.39, 0.29) is 19.0 Å². The third kappa shape index (κ3) is 5.16. The molecule has 0 unspecified atom stereocenters. The second-order valence-corrected chi connectivity index (χ2v) is 6.88. The van der Waals surface area contributed by atoms with Crippen molar-refractivity contribution in [2.24, 2.45) is 5.16 Å². The molecule has 0 aliphatic carbocycles. The first-order valence-corrected chi connectivity index (χ1v) is 9.45. The molecule has 2 heterocycles. The maximum absolute atomic E-state index is 14.8. The zero-order valence-electron chi connectivity index (χ0n) is 16.7. The maximum Gasteiger partial charge on any atom is 0.534 e. The lowest BCUT2D eigenvalue weighted by Gasteiger charge is -2.30. The van der Waals surface area contributed by atoms with Crippen LogP contribution in [0.15, 0.2) is 23.4 Å². The van der Waals surface area contributed by atoms with E-state index in [1.54, 1.807) is 12.1 Å². The molecule has 1 N–H and O–H groups in total. The van der Waals surface area contributed by atoms with Gasteiger partial charge in [0.2, 0.25) is 5.91 Å². The zero-order chi connectivity index (χ0) is 21.7. The quantitative estimate of drug-likeness (QED) is 0.439. The van der Waals surface area contributed by atoms with Gasteiger partial charge in [-0.25, -0.2) is 14.0 Å². The summed E-state index contributed by atoms with van der Waals surface area (Å²) < 4.78 is 24.3. The number of amides is 2. The summed E-state index contributed by atoms with van der Waals surface area (Å²) in [6.45, 7) is 2.82. The van der Waals surface area contributed by atoms with Gasteiger partial charge in [-0.15, -0.1) is 0 Å². The lowest BCUT2D eigenvalue weighted by atomic mass is 10.1. The van der Waals surface area contributed by atoms with E-state index in [9.17, 15) is 18.8 Å². The maximum atomic E-state index is 14.8. The summed E-state index contributed by atoms with van der Waals surface area (Å²) >= 11 is 0. The van der Waals surface area contributed by atoms with Crippen LogP contribution in [0.25, 0.3) is 0 Å². The Hall–Kier alpha value is -3.37. The monoisotopic (exact) mass is 422 g/mol. The third-order valence-corrected chi connectivity index (χ3v) is 4.79. The Kier molecular flexibility index (Phi) is 6.70. The highest BCUT2D eigenvalue weighted by Crippen LogP contribution is 2.29. The number of hydrogen-bond acceptors (Lipinski definition) is 8. The molecule has 1 aromatic rings. The van der Waals surface area contributed by atoms with Gasteiger partial charge in [0.05, 0.1) is 37.3 Å². The standard InChI is InChI=1S/C19H23FN4O6/c1-12(25)21-10-15-11-24(18(26)29-15)14-3-4-17(16(20)9-14)23-7-5-13(6-8-23)22-30-19(27)28-2/h3-4,9,15H,5-8,10-11H2,1-2H3,(H,21,25)/t15-/m0/s1. The minimum Gasteiger partial charge on any atom is -0.442 e. The number of nitrogens with one attached hydrogen (secondary N) is 1. The molecule has 0 aromatic heterocycles. The molecule has 0 spiro atoms. The van der Waals surface area contributed by atoms with Crippen LogP contribution in [0.2, 0.25) is 0 Å². The minimum absolute atomic E-state index is 0.204. The molecule has 2 aliphatic heterocycles. The van der Waals surface area contributed by atoms with Crippen molar-refractivity contribution < 1.29 is 33.1 Å². The number of nitrogens with zero attached hydrogens (tertiary/aromatic N) is 3. The van der Waals surface area contributed by atoms with E-state index >= 15 is 0 Å². The van der Waals surface area contributed by atoms with E-state index < -0.39 is 24.2 Å². The summed E-state index contributed by atoms with van der Waals surface area (Å²) in [5, 5.41) is 6.35. The summed E-state index contributed by atoms with van der Waals surface area (Å²) in [5.74, 6) is -0.678. The molecule has 162 valence electrons. The molecule has 2 saturated heterocycles. The number of anilines is 2. The molecule has 1 atom stereocenters. The molecule has 0 radical (unpaired) electrons. The van der Waals surface area contributed by atoms with Gasteiger partial charge >= 0.3 is 12.2 Å². The van der Waals surface area contributed by atoms with E-state index in [0.717, 1.165) is 0 Å². The van der Waals surface area contributed by atoms with Crippen molar-refractivity contribution >= 4 is 35.2 Å². The number of piperidine rings is 1. The van der Waals surface area contributed by atoms with Gasteiger partial charge in [0, 0.05) is 32.9 Å². The van der Waals surface area contributed by atoms with Crippen LogP contribution in [-0.4, -0.2) is 63.3 Å². The van der Waals surface area contributed by atoms with Crippen molar-refractivity contribution in [3.8, 4) is 0 Å². The molecule has 2 fully saturated rings. The molecule has 2 aliphatic rings. The summed E-state index contributed by atoms with van der Waals surface area (Å²) in [7, 11) is 1.20. The molecule has 30 heavy (non-hydrogen) atoms. The molecule has 2 amide bonds. The third-order valence-electron chi connectivity index (χ3n) is 4.79. The molecule has 3 rings (SSSR count). The van der Waals surface area contributed by atoms with Crippen LogP contribution in [0, 0.1) is 5.82 Å². The number of cyclic esters (lactones) is 1. The van der Waals surface area contributed by atoms with Crippen molar-refractivity contribution in [1.29, 1.82) is 0 Å². The number of oxime groups is 1. The van der Waals surface area contributed by atoms with Gasteiger partial charge in [-0.3, -0.25) is 14.5 Å². The Morgan fingerprint density at radius 1 is 1.33 bits per heavy atom. The second-order valence-electron chi connectivity index (χ2n) is 6.88. The SMILES string of the molecule is COC(=O)ON=C1CCN(c2ccc(N3C[C@H](CNC(C)=O)OC3=O)cc2F)CC1. The average Bonchev–Trinajstić information content (AvgIpc) is 3.11. The van der Waals surface area contributed by atoms with Crippen LogP contribution in [-0.2, 0) is 19.1 Å². The molecule has 0 saturated carbocycles. The smallest absolute Gasteiger partial charge is 0.442 e. The van der Waals surface area contributed by atoms with E-state index in [1.165, 1.54) is 25.0 Å². The fourth-order valence-corrected chi connectivity index (χ4v) is 3.25. The highest BCUT2D eigenvalue weighted by atomic mass is 19.1. The van der Waals surface area contributed by atoms with Crippen LogP contribution in [0.4, 0.5) is 25.4 Å². The second kappa shape index (κ2) is 9.42. The highest BCUT2D eigenvalue weighted by molar-refractivity contribution is 5.90. The summed E-state index contributed by atoms with van der Waals surface area (Å²) in [5.41, 5.74) is 1.49.